The number of nitrogens with zero attached hydrogens (tertiary/aromatic N) is 2. The molecule has 0 unspecified atom stereocenters. The molecule has 4 rings (SSSR count). The van der Waals surface area contributed by atoms with E-state index in [2.05, 4.69) is 0 Å². The third-order valence-corrected chi connectivity index (χ3v) is 6.72. The second kappa shape index (κ2) is 5.59. The predicted molar refractivity (Wildman–Crippen MR) is 98.9 cm³/mol. The van der Waals surface area contributed by atoms with Crippen molar-refractivity contribution in [1.82, 2.24) is 0 Å². The molecule has 2 aromatic rings. The van der Waals surface area contributed by atoms with E-state index in [0.29, 0.717) is 0 Å². The van der Waals surface area contributed by atoms with Gasteiger partial charge in [0.2, 0.25) is 0 Å². The summed E-state index contributed by atoms with van der Waals surface area (Å²) in [5.41, 5.74) is 3.55. The van der Waals surface area contributed by atoms with Gasteiger partial charge in [-0.2, -0.15) is 0 Å². The summed E-state index contributed by atoms with van der Waals surface area (Å²) < 4.78 is 24.6. The number of fused-ring (bicyclic) bond motifs is 1. The van der Waals surface area contributed by atoms with Crippen LogP contribution in [0.15, 0.2) is 48.5 Å². The SMILES string of the molecule is Cc1cccc(N2C(=O)N(c3ccccc3C)[C@H]3CS(=O)(=O)C[C@H]32)c1. The Morgan fingerprint density at radius 1 is 0.920 bits per heavy atom. The number of anilines is 2. The average Bonchev–Trinajstić information content (AvgIpc) is 2.97. The molecule has 0 bridgehead atoms. The summed E-state index contributed by atoms with van der Waals surface area (Å²) in [6.45, 7) is 3.91. The summed E-state index contributed by atoms with van der Waals surface area (Å²) in [7, 11) is -3.17. The van der Waals surface area contributed by atoms with Gasteiger partial charge in [-0.1, -0.05) is 30.3 Å². The normalized spacial score (nSPS) is 24.6. The molecule has 5 nitrogen and oxygen atoms in total. The molecule has 0 saturated carbocycles. The Labute approximate surface area is 147 Å². The van der Waals surface area contributed by atoms with E-state index in [1.54, 1.807) is 9.80 Å². The van der Waals surface area contributed by atoms with Gasteiger partial charge in [-0.05, 0) is 43.2 Å². The van der Waals surface area contributed by atoms with Gasteiger partial charge in [-0.25, -0.2) is 13.2 Å². The maximum absolute atomic E-state index is 13.3. The molecule has 2 amide bonds. The van der Waals surface area contributed by atoms with Gasteiger partial charge < -0.3 is 0 Å². The largest absolute Gasteiger partial charge is 0.329 e. The first-order chi connectivity index (χ1) is 11.9. The van der Waals surface area contributed by atoms with Crippen LogP contribution in [0.5, 0.6) is 0 Å². The summed E-state index contributed by atoms with van der Waals surface area (Å²) in [4.78, 5) is 16.6. The lowest BCUT2D eigenvalue weighted by Crippen LogP contribution is -2.38. The third-order valence-electron chi connectivity index (χ3n) is 5.02. The van der Waals surface area contributed by atoms with Crippen LogP contribution in [0.25, 0.3) is 0 Å². The Bertz CT molecular complexity index is 955. The molecule has 6 heteroatoms. The van der Waals surface area contributed by atoms with Crippen molar-refractivity contribution in [2.75, 3.05) is 21.3 Å². The molecule has 0 radical (unpaired) electrons. The van der Waals surface area contributed by atoms with Crippen LogP contribution < -0.4 is 9.80 Å². The second-order valence-electron chi connectivity index (χ2n) is 6.86. The van der Waals surface area contributed by atoms with Crippen LogP contribution in [0.3, 0.4) is 0 Å². The Morgan fingerprint density at radius 3 is 2.28 bits per heavy atom. The lowest BCUT2D eigenvalue weighted by molar-refractivity contribution is 0.255. The standard InChI is InChI=1S/C19H20N2O3S/c1-13-6-5-8-15(10-13)20-17-11-25(23,24)12-18(17)21(19(20)22)16-9-4-3-7-14(16)2/h3-10,17-18H,11-12H2,1-2H3/t17-,18+/m1/s1. The highest BCUT2D eigenvalue weighted by Crippen LogP contribution is 2.38. The van der Waals surface area contributed by atoms with Gasteiger partial charge in [-0.3, -0.25) is 9.80 Å². The average molecular weight is 356 g/mol. The first-order valence-corrected chi connectivity index (χ1v) is 10.1. The van der Waals surface area contributed by atoms with Crippen molar-refractivity contribution in [2.24, 2.45) is 0 Å². The Hall–Kier alpha value is -2.34. The van der Waals surface area contributed by atoms with Gasteiger partial charge in [0, 0.05) is 11.4 Å². The molecule has 0 spiro atoms. The number of urea groups is 1. The first-order valence-electron chi connectivity index (χ1n) is 8.32. The number of hydrogen-bond acceptors (Lipinski definition) is 3. The van der Waals surface area contributed by atoms with Gasteiger partial charge in [0.05, 0.1) is 23.6 Å². The number of carbonyl (C=O) groups excluding carboxylic acids is 1. The third kappa shape index (κ3) is 2.61. The second-order valence-corrected chi connectivity index (χ2v) is 9.01. The summed E-state index contributed by atoms with van der Waals surface area (Å²) in [6.07, 6.45) is 0. The molecule has 0 N–H and O–H groups in total. The molecule has 0 aromatic heterocycles. The minimum absolute atomic E-state index is 0.0136. The fraction of sp³-hybridized carbons (Fsp3) is 0.316. The van der Waals surface area contributed by atoms with Crippen molar-refractivity contribution in [1.29, 1.82) is 0 Å². The van der Waals surface area contributed by atoms with Crippen molar-refractivity contribution in [3.05, 3.63) is 59.7 Å². The van der Waals surface area contributed by atoms with Crippen molar-refractivity contribution in [2.45, 2.75) is 25.9 Å². The Morgan fingerprint density at radius 2 is 1.60 bits per heavy atom. The summed E-state index contributed by atoms with van der Waals surface area (Å²) in [5, 5.41) is 0. The molecule has 2 saturated heterocycles. The van der Waals surface area contributed by atoms with Crippen molar-refractivity contribution < 1.29 is 13.2 Å². The molecule has 2 fully saturated rings. The quantitative estimate of drug-likeness (QED) is 0.778. The van der Waals surface area contributed by atoms with Gasteiger partial charge in [0.25, 0.3) is 0 Å². The monoisotopic (exact) mass is 356 g/mol. The summed E-state index contributed by atoms with van der Waals surface area (Å²) in [5.74, 6) is 0.0276. The van der Waals surface area contributed by atoms with Crippen LogP contribution in [0.2, 0.25) is 0 Å². The summed E-state index contributed by atoms with van der Waals surface area (Å²) >= 11 is 0. The van der Waals surface area contributed by atoms with Gasteiger partial charge in [0.15, 0.2) is 9.84 Å². The lowest BCUT2D eigenvalue weighted by atomic mass is 10.1. The van der Waals surface area contributed by atoms with Crippen LogP contribution in [-0.2, 0) is 9.84 Å². The molecule has 2 heterocycles. The zero-order valence-electron chi connectivity index (χ0n) is 14.2. The van der Waals surface area contributed by atoms with Gasteiger partial charge >= 0.3 is 6.03 Å². The number of amides is 2. The lowest BCUT2D eigenvalue weighted by Gasteiger charge is -2.24. The van der Waals surface area contributed by atoms with E-state index in [0.717, 1.165) is 22.5 Å². The molecule has 130 valence electrons. The van der Waals surface area contributed by atoms with E-state index in [4.69, 9.17) is 0 Å². The highest BCUT2D eigenvalue weighted by molar-refractivity contribution is 7.91. The van der Waals surface area contributed by atoms with Crippen molar-refractivity contribution in [3.8, 4) is 0 Å². The maximum atomic E-state index is 13.3. The number of para-hydroxylation sites is 1. The van der Waals surface area contributed by atoms with E-state index in [-0.39, 0.29) is 29.6 Å². The van der Waals surface area contributed by atoms with Crippen LogP contribution in [0.1, 0.15) is 11.1 Å². The number of hydrogen-bond donors (Lipinski definition) is 0. The van der Waals surface area contributed by atoms with E-state index in [1.807, 2.05) is 62.4 Å². The van der Waals surface area contributed by atoms with E-state index in [9.17, 15) is 13.2 Å². The molecular formula is C19H20N2O3S. The molecule has 2 aromatic carbocycles. The summed E-state index contributed by atoms with van der Waals surface area (Å²) in [6, 6.07) is 14.4. The fourth-order valence-corrected chi connectivity index (χ4v) is 5.82. The van der Waals surface area contributed by atoms with Crippen LogP contribution in [0.4, 0.5) is 16.2 Å². The van der Waals surface area contributed by atoms with Gasteiger partial charge in [0.1, 0.15) is 0 Å². The number of aryl methyl sites for hydroxylation is 2. The molecule has 0 aliphatic carbocycles. The van der Waals surface area contributed by atoms with Crippen LogP contribution in [0, 0.1) is 13.8 Å². The minimum atomic E-state index is -3.17. The smallest absolute Gasteiger partial charge is 0.288 e. The number of sulfone groups is 1. The number of benzene rings is 2. The van der Waals surface area contributed by atoms with Crippen molar-refractivity contribution in [3.63, 3.8) is 0 Å². The zero-order chi connectivity index (χ0) is 17.8. The van der Waals surface area contributed by atoms with Crippen LogP contribution >= 0.6 is 0 Å². The van der Waals surface area contributed by atoms with E-state index < -0.39 is 9.84 Å². The molecule has 2 atom stereocenters. The highest BCUT2D eigenvalue weighted by Gasteiger charge is 2.54. The fourth-order valence-electron chi connectivity index (χ4n) is 3.90. The Kier molecular flexibility index (Phi) is 3.61. The van der Waals surface area contributed by atoms with Gasteiger partial charge in [-0.15, -0.1) is 0 Å². The topological polar surface area (TPSA) is 57.7 Å². The molecule has 25 heavy (non-hydrogen) atoms. The zero-order valence-corrected chi connectivity index (χ0v) is 15.0. The predicted octanol–water partition coefficient (Wildman–Crippen LogP) is 2.92. The maximum Gasteiger partial charge on any atom is 0.329 e. The molecule has 2 aliphatic heterocycles. The molecular weight excluding hydrogens is 336 g/mol. The number of carbonyl (C=O) groups is 1. The first kappa shape index (κ1) is 16.1. The Balaban J connectivity index is 1.84. The van der Waals surface area contributed by atoms with Crippen LogP contribution in [-0.4, -0.2) is 38.0 Å². The van der Waals surface area contributed by atoms with Crippen molar-refractivity contribution >= 4 is 27.2 Å². The minimum Gasteiger partial charge on any atom is -0.288 e. The van der Waals surface area contributed by atoms with E-state index >= 15 is 0 Å². The highest BCUT2D eigenvalue weighted by atomic mass is 32.2. The molecule has 2 aliphatic rings. The number of rotatable bonds is 2. The van der Waals surface area contributed by atoms with E-state index in [1.165, 1.54) is 0 Å².